The number of hydrogen-bond donors (Lipinski definition) is 0. The molecule has 1 aromatic heterocycles. The molecule has 2 heterocycles. The van der Waals surface area contributed by atoms with E-state index < -0.39 is 0 Å². The lowest BCUT2D eigenvalue weighted by molar-refractivity contribution is -0.125. The van der Waals surface area contributed by atoms with Gasteiger partial charge in [-0.2, -0.15) is 5.26 Å². The van der Waals surface area contributed by atoms with E-state index in [-0.39, 0.29) is 11.5 Å². The number of rotatable bonds is 3. The number of likely N-dealkylation sites (tertiary alicyclic amines) is 1. The van der Waals surface area contributed by atoms with Crippen LogP contribution in [0.4, 0.5) is 0 Å². The predicted octanol–water partition coefficient (Wildman–Crippen LogP) is 4.34. The summed E-state index contributed by atoms with van der Waals surface area (Å²) >= 11 is 0. The Morgan fingerprint density at radius 3 is 2.58 bits per heavy atom. The van der Waals surface area contributed by atoms with E-state index in [0.717, 1.165) is 43.4 Å². The molecular formula is C22H21N3O. The lowest BCUT2D eigenvalue weighted by Gasteiger charge is -2.14. The quantitative estimate of drug-likeness (QED) is 0.524. The third kappa shape index (κ3) is 2.66. The lowest BCUT2D eigenvalue weighted by atomic mass is 10.1. The number of hydrogen-bond acceptors (Lipinski definition) is 2. The summed E-state index contributed by atoms with van der Waals surface area (Å²) in [5.74, 6) is -0.152. The largest absolute Gasteiger partial charge is 0.341 e. The summed E-state index contributed by atoms with van der Waals surface area (Å²) < 4.78 is 2.29. The minimum atomic E-state index is -0.152. The number of nitriles is 1. The maximum Gasteiger partial charge on any atom is 0.264 e. The summed E-state index contributed by atoms with van der Waals surface area (Å²) in [4.78, 5) is 14.3. The molecule has 1 saturated heterocycles. The molecule has 0 unspecified atom stereocenters. The topological polar surface area (TPSA) is 49.0 Å². The van der Waals surface area contributed by atoms with Crippen LogP contribution in [0.2, 0.25) is 0 Å². The number of carbonyl (C=O) groups excluding carboxylic acids is 1. The summed E-state index contributed by atoms with van der Waals surface area (Å²) in [6.45, 7) is 4.54. The fourth-order valence-electron chi connectivity index (χ4n) is 3.90. The average molecular weight is 343 g/mol. The minimum absolute atomic E-state index is 0.152. The Morgan fingerprint density at radius 1 is 1.12 bits per heavy atom. The fraction of sp³-hybridized carbons (Fsp3) is 0.273. The van der Waals surface area contributed by atoms with Crippen LogP contribution in [0.5, 0.6) is 0 Å². The SMILES string of the molecule is CCn1c2ccccc2c2cc(/C=C(\C#N)C(=O)N3CCCC3)ccc21. The zero-order chi connectivity index (χ0) is 18.1. The van der Waals surface area contributed by atoms with Gasteiger partial charge in [-0.3, -0.25) is 4.79 Å². The van der Waals surface area contributed by atoms with E-state index in [1.54, 1.807) is 11.0 Å². The second-order valence-corrected chi connectivity index (χ2v) is 6.71. The van der Waals surface area contributed by atoms with Gasteiger partial charge in [-0.15, -0.1) is 0 Å². The van der Waals surface area contributed by atoms with Crippen molar-refractivity contribution in [3.8, 4) is 6.07 Å². The molecule has 0 radical (unpaired) electrons. The van der Waals surface area contributed by atoms with Crippen LogP contribution in [0.1, 0.15) is 25.3 Å². The molecule has 3 aromatic rings. The van der Waals surface area contributed by atoms with E-state index in [4.69, 9.17) is 0 Å². The summed E-state index contributed by atoms with van der Waals surface area (Å²) in [6, 6.07) is 16.6. The number of nitrogens with zero attached hydrogens (tertiary/aromatic N) is 3. The molecule has 130 valence electrons. The van der Waals surface area contributed by atoms with Gasteiger partial charge in [0.2, 0.25) is 0 Å². The molecule has 1 fully saturated rings. The van der Waals surface area contributed by atoms with Crippen LogP contribution in [0.25, 0.3) is 27.9 Å². The highest BCUT2D eigenvalue weighted by Crippen LogP contribution is 2.30. The standard InChI is InChI=1S/C22H21N3O/c1-2-25-20-8-4-3-7-18(20)19-14-16(9-10-21(19)25)13-17(15-23)22(26)24-11-5-6-12-24/h3-4,7-10,13-14H,2,5-6,11-12H2,1H3/b17-13+. The molecule has 0 saturated carbocycles. The summed E-state index contributed by atoms with van der Waals surface area (Å²) in [5, 5.41) is 11.8. The highest BCUT2D eigenvalue weighted by atomic mass is 16.2. The summed E-state index contributed by atoms with van der Waals surface area (Å²) in [6.07, 6.45) is 3.76. The Balaban J connectivity index is 1.81. The van der Waals surface area contributed by atoms with Crippen molar-refractivity contribution >= 4 is 33.8 Å². The zero-order valence-electron chi connectivity index (χ0n) is 14.9. The van der Waals surface area contributed by atoms with Crippen molar-refractivity contribution in [3.05, 3.63) is 53.6 Å². The van der Waals surface area contributed by atoms with E-state index in [1.165, 1.54) is 16.4 Å². The molecule has 26 heavy (non-hydrogen) atoms. The Morgan fingerprint density at radius 2 is 1.85 bits per heavy atom. The monoisotopic (exact) mass is 343 g/mol. The van der Waals surface area contributed by atoms with Gasteiger partial charge in [0.25, 0.3) is 5.91 Å². The first kappa shape index (κ1) is 16.4. The molecule has 1 aliphatic rings. The van der Waals surface area contributed by atoms with Gasteiger partial charge >= 0.3 is 0 Å². The van der Waals surface area contributed by atoms with Gasteiger partial charge in [0.15, 0.2) is 0 Å². The van der Waals surface area contributed by atoms with Crippen LogP contribution in [0.3, 0.4) is 0 Å². The first-order valence-electron chi connectivity index (χ1n) is 9.15. The van der Waals surface area contributed by atoms with Crippen LogP contribution in [-0.4, -0.2) is 28.5 Å². The van der Waals surface area contributed by atoms with Crippen LogP contribution >= 0.6 is 0 Å². The number of amides is 1. The van der Waals surface area contributed by atoms with Crippen LogP contribution in [-0.2, 0) is 11.3 Å². The molecule has 4 heteroatoms. The smallest absolute Gasteiger partial charge is 0.264 e. The first-order valence-corrected chi connectivity index (χ1v) is 9.15. The second-order valence-electron chi connectivity index (χ2n) is 6.71. The average Bonchev–Trinajstić information content (AvgIpc) is 3.31. The number of aromatic nitrogens is 1. The van der Waals surface area contributed by atoms with Gasteiger partial charge in [-0.25, -0.2) is 0 Å². The van der Waals surface area contributed by atoms with Crippen molar-refractivity contribution in [2.45, 2.75) is 26.3 Å². The number of benzene rings is 2. The molecular weight excluding hydrogens is 322 g/mol. The van der Waals surface area contributed by atoms with E-state index >= 15 is 0 Å². The van der Waals surface area contributed by atoms with E-state index in [1.807, 2.05) is 12.1 Å². The lowest BCUT2D eigenvalue weighted by Crippen LogP contribution is -2.28. The Bertz CT molecular complexity index is 1060. The second kappa shape index (κ2) is 6.68. The van der Waals surface area contributed by atoms with Gasteiger partial charge < -0.3 is 9.47 Å². The van der Waals surface area contributed by atoms with Crippen molar-refractivity contribution in [3.63, 3.8) is 0 Å². The van der Waals surface area contributed by atoms with Gasteiger partial charge in [-0.1, -0.05) is 24.3 Å². The number of fused-ring (bicyclic) bond motifs is 3. The zero-order valence-corrected chi connectivity index (χ0v) is 14.9. The number of carbonyl (C=O) groups is 1. The first-order chi connectivity index (χ1) is 12.7. The molecule has 0 atom stereocenters. The van der Waals surface area contributed by atoms with E-state index in [0.29, 0.717) is 0 Å². The van der Waals surface area contributed by atoms with Crippen LogP contribution in [0, 0.1) is 11.3 Å². The van der Waals surface area contributed by atoms with Crippen LogP contribution < -0.4 is 0 Å². The predicted molar refractivity (Wildman–Crippen MR) is 105 cm³/mol. The van der Waals surface area contributed by atoms with E-state index in [2.05, 4.69) is 47.9 Å². The van der Waals surface area contributed by atoms with Crippen molar-refractivity contribution in [2.24, 2.45) is 0 Å². The third-order valence-electron chi connectivity index (χ3n) is 5.17. The minimum Gasteiger partial charge on any atom is -0.341 e. The Hall–Kier alpha value is -3.06. The Kier molecular flexibility index (Phi) is 4.22. The maximum absolute atomic E-state index is 12.5. The van der Waals surface area contributed by atoms with Gasteiger partial charge in [0.1, 0.15) is 11.6 Å². The number of aryl methyl sites for hydroxylation is 1. The third-order valence-corrected chi connectivity index (χ3v) is 5.17. The van der Waals surface area contributed by atoms with Gasteiger partial charge in [-0.05, 0) is 49.6 Å². The van der Waals surface area contributed by atoms with Crippen molar-refractivity contribution in [2.75, 3.05) is 13.1 Å². The molecule has 2 aromatic carbocycles. The van der Waals surface area contributed by atoms with Gasteiger partial charge in [0.05, 0.1) is 0 Å². The summed E-state index contributed by atoms with van der Waals surface area (Å²) in [5.41, 5.74) is 3.49. The molecule has 4 nitrogen and oxygen atoms in total. The highest BCUT2D eigenvalue weighted by Gasteiger charge is 2.21. The Labute approximate surface area is 152 Å². The van der Waals surface area contributed by atoms with Crippen molar-refractivity contribution in [1.82, 2.24) is 9.47 Å². The van der Waals surface area contributed by atoms with Crippen molar-refractivity contribution < 1.29 is 4.79 Å². The number of para-hydroxylation sites is 1. The molecule has 0 aliphatic carbocycles. The molecule has 0 bridgehead atoms. The molecule has 0 spiro atoms. The molecule has 1 amide bonds. The maximum atomic E-state index is 12.5. The molecule has 1 aliphatic heterocycles. The normalized spacial score (nSPS) is 14.9. The molecule has 4 rings (SSSR count). The van der Waals surface area contributed by atoms with Crippen molar-refractivity contribution in [1.29, 1.82) is 5.26 Å². The van der Waals surface area contributed by atoms with Crippen LogP contribution in [0.15, 0.2) is 48.0 Å². The van der Waals surface area contributed by atoms with Gasteiger partial charge in [0, 0.05) is 41.4 Å². The van der Waals surface area contributed by atoms with E-state index in [9.17, 15) is 10.1 Å². The highest BCUT2D eigenvalue weighted by molar-refractivity contribution is 6.09. The fourth-order valence-corrected chi connectivity index (χ4v) is 3.90. The molecule has 0 N–H and O–H groups in total. The summed E-state index contributed by atoms with van der Waals surface area (Å²) in [7, 11) is 0.